The lowest BCUT2D eigenvalue weighted by Gasteiger charge is -1.97. The van der Waals surface area contributed by atoms with Crippen molar-refractivity contribution in [3.8, 4) is 6.19 Å². The zero-order valence-electron chi connectivity index (χ0n) is 6.86. The highest BCUT2D eigenvalue weighted by molar-refractivity contribution is 5.82. The van der Waals surface area contributed by atoms with Crippen molar-refractivity contribution in [2.24, 2.45) is 10.7 Å². The van der Waals surface area contributed by atoms with Crippen molar-refractivity contribution in [3.63, 3.8) is 0 Å². The molecule has 0 radical (unpaired) electrons. The van der Waals surface area contributed by atoms with Gasteiger partial charge < -0.3 is 11.5 Å². The lowest BCUT2D eigenvalue weighted by Crippen LogP contribution is -2.26. The molecule has 0 aliphatic rings. The van der Waals surface area contributed by atoms with E-state index >= 15 is 0 Å². The molecular weight excluding hydrogens is 166 g/mol. The monoisotopic (exact) mass is 175 g/mol. The van der Waals surface area contributed by atoms with Crippen LogP contribution in [0.5, 0.6) is 0 Å². The summed E-state index contributed by atoms with van der Waals surface area (Å²) in [6.07, 6.45) is 1.67. The molecule has 0 saturated heterocycles. The van der Waals surface area contributed by atoms with Crippen molar-refractivity contribution in [2.75, 3.05) is 5.73 Å². The van der Waals surface area contributed by atoms with E-state index in [-0.39, 0.29) is 5.96 Å². The molecule has 1 aromatic rings. The molecule has 66 valence electrons. The second kappa shape index (κ2) is 3.97. The molecule has 0 bridgehead atoms. The summed E-state index contributed by atoms with van der Waals surface area (Å²) in [6.45, 7) is 0. The molecular formula is C8H9N5. The Morgan fingerprint density at radius 1 is 1.38 bits per heavy atom. The summed E-state index contributed by atoms with van der Waals surface area (Å²) >= 11 is 0. The highest BCUT2D eigenvalue weighted by Gasteiger charge is 1.91. The number of rotatable bonds is 1. The summed E-state index contributed by atoms with van der Waals surface area (Å²) in [5.41, 5.74) is 12.1. The van der Waals surface area contributed by atoms with Crippen LogP contribution >= 0.6 is 0 Å². The maximum Gasteiger partial charge on any atom is 0.207 e. The second-order valence-corrected chi connectivity index (χ2v) is 2.33. The number of nitrogen functional groups attached to an aromatic ring is 1. The van der Waals surface area contributed by atoms with Gasteiger partial charge in [0.05, 0.1) is 5.69 Å². The molecule has 0 spiro atoms. The third kappa shape index (κ3) is 2.71. The summed E-state index contributed by atoms with van der Waals surface area (Å²) in [5.74, 6) is 0.0623. The first kappa shape index (κ1) is 8.87. The first-order valence-corrected chi connectivity index (χ1v) is 3.57. The molecule has 0 amide bonds. The lowest BCUT2D eigenvalue weighted by molar-refractivity contribution is 1.22. The summed E-state index contributed by atoms with van der Waals surface area (Å²) in [5, 5.41) is 10.4. The molecule has 0 aromatic heterocycles. The molecule has 5 heteroatoms. The van der Waals surface area contributed by atoms with Gasteiger partial charge in [0, 0.05) is 5.69 Å². The van der Waals surface area contributed by atoms with Crippen molar-refractivity contribution in [1.82, 2.24) is 5.32 Å². The van der Waals surface area contributed by atoms with Crippen LogP contribution in [-0.4, -0.2) is 5.96 Å². The predicted octanol–water partition coefficient (Wildman–Crippen LogP) is 0.286. The molecule has 13 heavy (non-hydrogen) atoms. The third-order valence-corrected chi connectivity index (χ3v) is 1.33. The zero-order valence-corrected chi connectivity index (χ0v) is 6.86. The average molecular weight is 175 g/mol. The van der Waals surface area contributed by atoms with Crippen LogP contribution in [0.4, 0.5) is 11.4 Å². The fraction of sp³-hybridized carbons (Fsp3) is 0. The highest BCUT2D eigenvalue weighted by Crippen LogP contribution is 2.13. The van der Waals surface area contributed by atoms with Gasteiger partial charge in [0.25, 0.3) is 0 Å². The summed E-state index contributed by atoms with van der Waals surface area (Å²) in [4.78, 5) is 3.90. The lowest BCUT2D eigenvalue weighted by atomic mass is 10.3. The first-order chi connectivity index (χ1) is 6.22. The molecule has 0 heterocycles. The predicted molar refractivity (Wildman–Crippen MR) is 50.9 cm³/mol. The molecule has 5 nitrogen and oxygen atoms in total. The number of nitrogens with two attached hydrogens (primary N) is 2. The molecule has 1 aromatic carbocycles. The van der Waals surface area contributed by atoms with Crippen molar-refractivity contribution < 1.29 is 0 Å². The van der Waals surface area contributed by atoms with Crippen molar-refractivity contribution >= 4 is 17.3 Å². The number of benzene rings is 1. The Bertz CT molecular complexity index is 346. The van der Waals surface area contributed by atoms with Gasteiger partial charge in [0.1, 0.15) is 0 Å². The molecule has 0 saturated carbocycles. The van der Waals surface area contributed by atoms with Gasteiger partial charge in [-0.15, -0.1) is 0 Å². The summed E-state index contributed by atoms with van der Waals surface area (Å²) in [6, 6.07) is 6.83. The number of guanidine groups is 1. The van der Waals surface area contributed by atoms with Gasteiger partial charge in [0.15, 0.2) is 6.19 Å². The van der Waals surface area contributed by atoms with E-state index in [9.17, 15) is 0 Å². The molecule has 0 aliphatic heterocycles. The fourth-order valence-electron chi connectivity index (χ4n) is 0.773. The van der Waals surface area contributed by atoms with E-state index in [4.69, 9.17) is 16.7 Å². The fourth-order valence-corrected chi connectivity index (χ4v) is 0.773. The van der Waals surface area contributed by atoms with Gasteiger partial charge >= 0.3 is 0 Å². The van der Waals surface area contributed by atoms with Gasteiger partial charge in [0.2, 0.25) is 5.96 Å². The minimum atomic E-state index is 0.0623. The van der Waals surface area contributed by atoms with Gasteiger partial charge in [-0.05, 0) is 24.3 Å². The number of nitrogens with zero attached hydrogens (tertiary/aromatic N) is 2. The SMILES string of the molecule is N#CNC(N)=Nc1ccc(N)cc1. The van der Waals surface area contributed by atoms with Gasteiger partial charge in [-0.1, -0.05) is 0 Å². The van der Waals surface area contributed by atoms with E-state index in [1.165, 1.54) is 0 Å². The second-order valence-electron chi connectivity index (χ2n) is 2.33. The Labute approximate surface area is 75.7 Å². The molecule has 5 N–H and O–H groups in total. The molecule has 1 rings (SSSR count). The molecule has 0 fully saturated rings. The van der Waals surface area contributed by atoms with Crippen LogP contribution in [0.25, 0.3) is 0 Å². The third-order valence-electron chi connectivity index (χ3n) is 1.33. The van der Waals surface area contributed by atoms with Crippen LogP contribution in [0.2, 0.25) is 0 Å². The van der Waals surface area contributed by atoms with Gasteiger partial charge in [-0.2, -0.15) is 5.26 Å². The normalized spacial score (nSPS) is 10.5. The largest absolute Gasteiger partial charge is 0.399 e. The molecule has 0 unspecified atom stereocenters. The minimum Gasteiger partial charge on any atom is -0.399 e. The minimum absolute atomic E-state index is 0.0623. The van der Waals surface area contributed by atoms with Crippen molar-refractivity contribution in [1.29, 1.82) is 5.26 Å². The Morgan fingerprint density at radius 3 is 2.54 bits per heavy atom. The number of anilines is 1. The maximum absolute atomic E-state index is 8.22. The van der Waals surface area contributed by atoms with Crippen LogP contribution in [-0.2, 0) is 0 Å². The number of aliphatic imine (C=N–C) groups is 1. The summed E-state index contributed by atoms with van der Waals surface area (Å²) < 4.78 is 0. The average Bonchev–Trinajstić information content (AvgIpc) is 2.09. The van der Waals surface area contributed by atoms with Crippen LogP contribution in [0.1, 0.15) is 0 Å². The van der Waals surface area contributed by atoms with E-state index < -0.39 is 0 Å². The summed E-state index contributed by atoms with van der Waals surface area (Å²) in [7, 11) is 0. The number of hydrogen-bond donors (Lipinski definition) is 3. The van der Waals surface area contributed by atoms with E-state index in [1.54, 1.807) is 30.5 Å². The topological polar surface area (TPSA) is 100 Å². The van der Waals surface area contributed by atoms with Crippen molar-refractivity contribution in [3.05, 3.63) is 24.3 Å². The Hall–Kier alpha value is -2.22. The van der Waals surface area contributed by atoms with E-state index in [1.807, 2.05) is 0 Å². The van der Waals surface area contributed by atoms with E-state index in [0.29, 0.717) is 11.4 Å². The van der Waals surface area contributed by atoms with Crippen molar-refractivity contribution in [2.45, 2.75) is 0 Å². The van der Waals surface area contributed by atoms with Crippen LogP contribution in [0.15, 0.2) is 29.3 Å². The number of hydrogen-bond acceptors (Lipinski definition) is 3. The van der Waals surface area contributed by atoms with Gasteiger partial charge in [-0.25, -0.2) is 4.99 Å². The van der Waals surface area contributed by atoms with Crippen LogP contribution in [0, 0.1) is 11.5 Å². The molecule has 0 atom stereocenters. The van der Waals surface area contributed by atoms with Gasteiger partial charge in [-0.3, -0.25) is 5.32 Å². The van der Waals surface area contributed by atoms with E-state index in [2.05, 4.69) is 10.3 Å². The number of nitriles is 1. The zero-order chi connectivity index (χ0) is 9.68. The Balaban J connectivity index is 2.80. The van der Waals surface area contributed by atoms with Crippen LogP contribution in [0.3, 0.4) is 0 Å². The Morgan fingerprint density at radius 2 is 2.00 bits per heavy atom. The van der Waals surface area contributed by atoms with Crippen LogP contribution < -0.4 is 16.8 Å². The smallest absolute Gasteiger partial charge is 0.207 e. The first-order valence-electron chi connectivity index (χ1n) is 3.57. The highest BCUT2D eigenvalue weighted by atomic mass is 15.1. The molecule has 0 aliphatic carbocycles. The quantitative estimate of drug-likeness (QED) is 0.188. The Kier molecular flexibility index (Phi) is 2.71. The maximum atomic E-state index is 8.22. The van der Waals surface area contributed by atoms with E-state index in [0.717, 1.165) is 0 Å². The standard InChI is InChI=1S/C8H9N5/c9-5-12-8(11)13-7-3-1-6(10)2-4-7/h1-4H,10H2,(H3,11,12,13). The number of nitrogens with one attached hydrogen (secondary N) is 1.